The quantitative estimate of drug-likeness (QED) is 0.154. The van der Waals surface area contributed by atoms with Gasteiger partial charge >= 0.3 is 0 Å². The molecule has 7 aromatic carbocycles. The molecule has 0 saturated heterocycles. The first-order chi connectivity index (χ1) is 30.5. The average Bonchev–Trinajstić information content (AvgIpc) is 3.68. The molecule has 64 heavy (non-hydrogen) atoms. The Morgan fingerprint density at radius 1 is 0.578 bits per heavy atom. The summed E-state index contributed by atoms with van der Waals surface area (Å²) >= 11 is 0. The summed E-state index contributed by atoms with van der Waals surface area (Å²) < 4.78 is 10.7. The van der Waals surface area contributed by atoms with Crippen molar-refractivity contribution in [1.82, 2.24) is 14.5 Å². The predicted octanol–water partition coefficient (Wildman–Crippen LogP) is 15.6. The largest absolute Gasteiger partial charge is 0.507 e. The molecule has 0 atom stereocenters. The number of hydrogen-bond donors (Lipinski definition) is 1. The Labute approximate surface area is 394 Å². The summed E-state index contributed by atoms with van der Waals surface area (Å²) in [6.45, 7) is 17.3. The van der Waals surface area contributed by atoms with E-state index >= 15 is 0 Å². The van der Waals surface area contributed by atoms with Crippen LogP contribution in [0.3, 0.4) is 0 Å². The van der Waals surface area contributed by atoms with Crippen molar-refractivity contribution in [3.63, 3.8) is 0 Å². The van der Waals surface area contributed by atoms with Crippen LogP contribution in [0.25, 0.3) is 83.9 Å². The summed E-state index contributed by atoms with van der Waals surface area (Å²) in [5.74, 6) is 0.124. The summed E-state index contributed by atoms with van der Waals surface area (Å²) in [4.78, 5) is 10.4. The standard InChI is InChI=1S/C59H54N3O.Pt/c1-38(2)39-26-28-40(29-27-39)43-30-31-60-52(35-43)45-32-44(33-46(34-45)58(3,4)5)47-23-17-24-53-56(47)61-57(48-22-15-16-25-55(48)63)62(53)54-37-49(41-18-11-9-12-19-41)51(59(6,7)8)36-50(54)42-20-13-10-14-21-42;/h9-31,33-38,63H,1-8H3;/q-1;/i38D;. The Kier molecular flexibility index (Phi) is 11.8. The summed E-state index contributed by atoms with van der Waals surface area (Å²) in [5, 5.41) is 11.6. The van der Waals surface area contributed by atoms with Crippen LogP contribution in [0.15, 0.2) is 170 Å². The molecule has 4 nitrogen and oxygen atoms in total. The van der Waals surface area contributed by atoms with Gasteiger partial charge in [-0.25, -0.2) is 4.98 Å². The number of pyridine rings is 1. The van der Waals surface area contributed by atoms with Crippen molar-refractivity contribution in [2.45, 2.75) is 72.1 Å². The first-order valence-corrected chi connectivity index (χ1v) is 21.8. The maximum Gasteiger partial charge on any atom is 0.148 e. The van der Waals surface area contributed by atoms with Crippen LogP contribution in [0, 0.1) is 6.07 Å². The number of phenolic OH excluding ortho intramolecular Hbond substituents is 1. The fourth-order valence-electron chi connectivity index (χ4n) is 8.54. The Bertz CT molecular complexity index is 3150. The van der Waals surface area contributed by atoms with Crippen LogP contribution in [-0.2, 0) is 31.9 Å². The van der Waals surface area contributed by atoms with E-state index in [1.807, 2.05) is 56.4 Å². The molecule has 2 aromatic heterocycles. The number of phenols is 1. The number of aromatic nitrogens is 3. The molecule has 0 aliphatic rings. The van der Waals surface area contributed by atoms with E-state index in [2.05, 4.69) is 174 Å². The van der Waals surface area contributed by atoms with Gasteiger partial charge in [0.05, 0.1) is 22.3 Å². The first kappa shape index (κ1) is 42.9. The van der Waals surface area contributed by atoms with Crippen LogP contribution in [0.4, 0.5) is 0 Å². The molecule has 0 fully saturated rings. The molecular formula is C59H54N3OPt-. The second-order valence-electron chi connectivity index (χ2n) is 18.8. The predicted molar refractivity (Wildman–Crippen MR) is 263 cm³/mol. The molecule has 0 aliphatic carbocycles. The van der Waals surface area contributed by atoms with Crippen molar-refractivity contribution >= 4 is 11.0 Å². The molecule has 1 N–H and O–H groups in total. The third-order valence-corrected chi connectivity index (χ3v) is 12.0. The first-order valence-electron chi connectivity index (χ1n) is 22.3. The zero-order valence-electron chi connectivity index (χ0n) is 38.8. The minimum Gasteiger partial charge on any atom is -0.507 e. The number of para-hydroxylation sites is 2. The van der Waals surface area contributed by atoms with E-state index in [1.165, 1.54) is 5.56 Å². The third-order valence-electron chi connectivity index (χ3n) is 12.0. The van der Waals surface area contributed by atoms with Crippen molar-refractivity contribution in [2.75, 3.05) is 0 Å². The Morgan fingerprint density at radius 2 is 1.20 bits per heavy atom. The van der Waals surface area contributed by atoms with Crippen molar-refractivity contribution < 1.29 is 27.5 Å². The van der Waals surface area contributed by atoms with Crippen LogP contribution in [0.1, 0.15) is 79.3 Å². The van der Waals surface area contributed by atoms with Gasteiger partial charge in [-0.2, -0.15) is 0 Å². The molecule has 9 rings (SSSR count). The van der Waals surface area contributed by atoms with Gasteiger partial charge in [-0.1, -0.05) is 182 Å². The molecule has 0 unspecified atom stereocenters. The monoisotopic (exact) mass is 1020 g/mol. The number of rotatable bonds is 8. The molecule has 0 aliphatic heterocycles. The van der Waals surface area contributed by atoms with Crippen LogP contribution in [0.5, 0.6) is 5.75 Å². The number of imidazole rings is 1. The molecule has 322 valence electrons. The smallest absolute Gasteiger partial charge is 0.148 e. The van der Waals surface area contributed by atoms with Crippen molar-refractivity contribution in [3.8, 4) is 78.6 Å². The number of fused-ring (bicyclic) bond motifs is 1. The summed E-state index contributed by atoms with van der Waals surface area (Å²) in [6, 6.07) is 60.4. The SMILES string of the molecule is [2H]C(C)(C)c1ccc(-c2ccnc(-c3[c-]c(-c4cccc5c4nc(-c4ccccc4O)n5-c4cc(-c5ccccc5)c(C(C)(C)C)cc4-c4ccccc4)cc(C(C)(C)C)c3)c2)cc1.[Pt]. The van der Waals surface area contributed by atoms with E-state index in [4.69, 9.17) is 11.3 Å². The molecule has 9 aromatic rings. The Balaban J connectivity index is 0.00000576. The molecule has 5 heteroatoms. The third kappa shape index (κ3) is 8.65. The molecule has 0 saturated carbocycles. The van der Waals surface area contributed by atoms with E-state index in [0.717, 1.165) is 83.6 Å². The van der Waals surface area contributed by atoms with E-state index in [-0.39, 0.29) is 37.6 Å². The van der Waals surface area contributed by atoms with Gasteiger partial charge in [0.15, 0.2) is 0 Å². The van der Waals surface area contributed by atoms with Gasteiger partial charge in [-0.05, 0) is 92.1 Å². The fourth-order valence-corrected chi connectivity index (χ4v) is 8.54. The van der Waals surface area contributed by atoms with Crippen LogP contribution >= 0.6 is 0 Å². The van der Waals surface area contributed by atoms with Gasteiger partial charge in [0, 0.05) is 39.9 Å². The molecule has 0 radical (unpaired) electrons. The molecule has 0 bridgehead atoms. The maximum absolute atomic E-state index is 11.6. The van der Waals surface area contributed by atoms with Crippen molar-refractivity contribution in [3.05, 3.63) is 193 Å². The average molecular weight is 1020 g/mol. The van der Waals surface area contributed by atoms with Gasteiger partial charge in [0.25, 0.3) is 0 Å². The van der Waals surface area contributed by atoms with Gasteiger partial charge in [0.2, 0.25) is 0 Å². The van der Waals surface area contributed by atoms with Gasteiger partial charge in [-0.3, -0.25) is 9.55 Å². The number of aromatic hydroxyl groups is 1. The Morgan fingerprint density at radius 3 is 1.84 bits per heavy atom. The summed E-state index contributed by atoms with van der Waals surface area (Å²) in [5.41, 5.74) is 16.4. The molecule has 0 spiro atoms. The Hall–Kier alpha value is -6.35. The normalized spacial score (nSPS) is 12.2. The van der Waals surface area contributed by atoms with E-state index < -0.39 is 5.89 Å². The molecular weight excluding hydrogens is 962 g/mol. The molecule has 0 amide bonds. The van der Waals surface area contributed by atoms with E-state index in [0.29, 0.717) is 11.4 Å². The van der Waals surface area contributed by atoms with Crippen molar-refractivity contribution in [1.29, 1.82) is 0 Å². The van der Waals surface area contributed by atoms with E-state index in [9.17, 15) is 5.11 Å². The number of benzene rings is 7. The summed E-state index contributed by atoms with van der Waals surface area (Å²) in [7, 11) is 0. The van der Waals surface area contributed by atoms with Gasteiger partial charge < -0.3 is 5.11 Å². The van der Waals surface area contributed by atoms with Gasteiger partial charge in [0.1, 0.15) is 11.6 Å². The number of nitrogens with zero attached hydrogens (tertiary/aromatic N) is 3. The fraction of sp³-hybridized carbons (Fsp3) is 0.186. The van der Waals surface area contributed by atoms with Crippen LogP contribution in [0.2, 0.25) is 0 Å². The van der Waals surface area contributed by atoms with Crippen LogP contribution in [-0.4, -0.2) is 19.6 Å². The van der Waals surface area contributed by atoms with E-state index in [1.54, 1.807) is 6.07 Å². The molecule has 2 heterocycles. The minimum atomic E-state index is -0.673. The zero-order chi connectivity index (χ0) is 45.0. The second kappa shape index (κ2) is 17.7. The van der Waals surface area contributed by atoms with Crippen molar-refractivity contribution in [2.24, 2.45) is 0 Å². The topological polar surface area (TPSA) is 50.9 Å². The van der Waals surface area contributed by atoms with Gasteiger partial charge in [-0.15, -0.1) is 29.3 Å². The zero-order valence-corrected chi connectivity index (χ0v) is 40.0. The minimum absolute atomic E-state index is 0. The number of hydrogen-bond acceptors (Lipinski definition) is 3. The summed E-state index contributed by atoms with van der Waals surface area (Å²) in [6.07, 6.45) is 1.87. The maximum atomic E-state index is 11.6. The van der Waals surface area contributed by atoms with Crippen LogP contribution < -0.4 is 0 Å². The second-order valence-corrected chi connectivity index (χ2v) is 18.8.